The van der Waals surface area contributed by atoms with Gasteiger partial charge in [0.1, 0.15) is 27.6 Å². The molecule has 0 aliphatic rings. The van der Waals surface area contributed by atoms with Crippen molar-refractivity contribution >= 4 is 34.3 Å². The van der Waals surface area contributed by atoms with E-state index in [1.165, 1.54) is 16.7 Å². The first-order valence-electron chi connectivity index (χ1n) is 9.66. The van der Waals surface area contributed by atoms with Crippen LogP contribution in [0.15, 0.2) is 64.4 Å². The number of hydrogen-bond acceptors (Lipinski definition) is 7. The summed E-state index contributed by atoms with van der Waals surface area (Å²) < 4.78 is 5.35. The average molecular weight is 446 g/mol. The van der Waals surface area contributed by atoms with Crippen molar-refractivity contribution in [2.24, 2.45) is 0 Å². The standard InChI is InChI=1S/C23H19N5OS2/c1-13-7-17(31-23-20-21(25-11-24-20)26-12-27-23)8-14(2)19(13)18-10-30-22(28-18)15-5-4-6-16(9-15)29-3/h4-12H,1-3H3,(H,24,25,26,27). The van der Waals surface area contributed by atoms with E-state index in [0.29, 0.717) is 5.65 Å². The molecular weight excluding hydrogens is 426 g/mol. The zero-order valence-electron chi connectivity index (χ0n) is 17.2. The molecule has 5 rings (SSSR count). The first-order chi connectivity index (χ1) is 15.1. The van der Waals surface area contributed by atoms with Gasteiger partial charge in [-0.1, -0.05) is 23.9 Å². The maximum atomic E-state index is 5.35. The van der Waals surface area contributed by atoms with Crippen molar-refractivity contribution in [2.45, 2.75) is 23.8 Å². The Bertz CT molecular complexity index is 1370. The van der Waals surface area contributed by atoms with Crippen LogP contribution in [-0.2, 0) is 0 Å². The van der Waals surface area contributed by atoms with Gasteiger partial charge in [-0.25, -0.2) is 19.9 Å². The first kappa shape index (κ1) is 19.7. The minimum Gasteiger partial charge on any atom is -0.497 e. The number of aromatic amines is 1. The number of aromatic nitrogens is 5. The van der Waals surface area contributed by atoms with Crippen molar-refractivity contribution in [1.82, 2.24) is 24.9 Å². The lowest BCUT2D eigenvalue weighted by molar-refractivity contribution is 0.415. The summed E-state index contributed by atoms with van der Waals surface area (Å²) in [6, 6.07) is 12.4. The number of hydrogen-bond donors (Lipinski definition) is 1. The van der Waals surface area contributed by atoms with Gasteiger partial charge in [-0.2, -0.15) is 0 Å². The smallest absolute Gasteiger partial charge is 0.181 e. The van der Waals surface area contributed by atoms with Crippen molar-refractivity contribution < 1.29 is 4.74 Å². The highest BCUT2D eigenvalue weighted by Crippen LogP contribution is 2.37. The van der Waals surface area contributed by atoms with Gasteiger partial charge in [-0.05, 0) is 49.2 Å². The molecule has 0 fully saturated rings. The van der Waals surface area contributed by atoms with Crippen LogP contribution in [-0.4, -0.2) is 32.0 Å². The molecule has 0 saturated heterocycles. The van der Waals surface area contributed by atoms with E-state index in [0.717, 1.165) is 37.5 Å². The number of thiazole rings is 1. The van der Waals surface area contributed by atoms with Crippen molar-refractivity contribution in [1.29, 1.82) is 0 Å². The van der Waals surface area contributed by atoms with E-state index in [-0.39, 0.29) is 0 Å². The van der Waals surface area contributed by atoms with Crippen LogP contribution in [0.5, 0.6) is 5.75 Å². The fourth-order valence-corrected chi connectivity index (χ4v) is 5.45. The third-order valence-electron chi connectivity index (χ3n) is 4.99. The van der Waals surface area contributed by atoms with Crippen molar-refractivity contribution in [3.63, 3.8) is 0 Å². The predicted molar refractivity (Wildman–Crippen MR) is 125 cm³/mol. The van der Waals surface area contributed by atoms with Crippen molar-refractivity contribution in [3.05, 3.63) is 65.6 Å². The van der Waals surface area contributed by atoms with Gasteiger partial charge >= 0.3 is 0 Å². The molecular formula is C23H19N5OS2. The van der Waals surface area contributed by atoms with Crippen LogP contribution in [0.2, 0.25) is 0 Å². The van der Waals surface area contributed by atoms with Crippen LogP contribution in [0.25, 0.3) is 33.0 Å². The second-order valence-corrected chi connectivity index (χ2v) is 9.00. The number of nitrogens with zero attached hydrogens (tertiary/aromatic N) is 4. The molecule has 8 heteroatoms. The summed E-state index contributed by atoms with van der Waals surface area (Å²) in [7, 11) is 1.68. The molecule has 5 aromatic rings. The van der Waals surface area contributed by atoms with Gasteiger partial charge in [-0.15, -0.1) is 11.3 Å². The summed E-state index contributed by atoms with van der Waals surface area (Å²) in [5, 5.41) is 3.96. The average Bonchev–Trinajstić information content (AvgIpc) is 3.44. The quantitative estimate of drug-likeness (QED) is 0.338. The van der Waals surface area contributed by atoms with Crippen LogP contribution >= 0.6 is 23.1 Å². The fraction of sp³-hybridized carbons (Fsp3) is 0.130. The Balaban J connectivity index is 1.47. The van der Waals surface area contributed by atoms with Crippen LogP contribution in [0.4, 0.5) is 0 Å². The molecule has 1 N–H and O–H groups in total. The van der Waals surface area contributed by atoms with E-state index in [1.54, 1.807) is 42.9 Å². The van der Waals surface area contributed by atoms with Crippen LogP contribution in [0.3, 0.4) is 0 Å². The number of fused-ring (bicyclic) bond motifs is 1. The predicted octanol–water partition coefficient (Wildman–Crippen LogP) is 5.92. The molecule has 0 unspecified atom stereocenters. The summed E-state index contributed by atoms with van der Waals surface area (Å²) in [6.45, 7) is 4.26. The Morgan fingerprint density at radius 3 is 2.68 bits per heavy atom. The highest BCUT2D eigenvalue weighted by Gasteiger charge is 2.15. The van der Waals surface area contributed by atoms with Crippen LogP contribution in [0.1, 0.15) is 11.1 Å². The van der Waals surface area contributed by atoms with E-state index in [9.17, 15) is 0 Å². The largest absolute Gasteiger partial charge is 0.497 e. The Kier molecular flexibility index (Phi) is 5.17. The Labute approximate surface area is 187 Å². The summed E-state index contributed by atoms with van der Waals surface area (Å²) >= 11 is 3.25. The number of rotatable bonds is 5. The number of methoxy groups -OCH3 is 1. The number of aryl methyl sites for hydroxylation is 2. The number of ether oxygens (including phenoxy) is 1. The SMILES string of the molecule is COc1cccc(-c2nc(-c3c(C)cc(Sc4ncnc5nc[nH]c45)cc3C)cs2)c1. The third kappa shape index (κ3) is 3.80. The highest BCUT2D eigenvalue weighted by molar-refractivity contribution is 7.99. The second-order valence-electron chi connectivity index (χ2n) is 7.08. The fourth-order valence-electron chi connectivity index (χ4n) is 3.60. The number of imidazole rings is 1. The summed E-state index contributed by atoms with van der Waals surface area (Å²) in [4.78, 5) is 22.0. The molecule has 0 atom stereocenters. The zero-order valence-corrected chi connectivity index (χ0v) is 18.8. The maximum Gasteiger partial charge on any atom is 0.181 e. The van der Waals surface area contributed by atoms with Gasteiger partial charge in [0.25, 0.3) is 0 Å². The molecule has 0 bridgehead atoms. The topological polar surface area (TPSA) is 76.6 Å². The molecule has 3 aromatic heterocycles. The molecule has 31 heavy (non-hydrogen) atoms. The molecule has 0 saturated carbocycles. The summed E-state index contributed by atoms with van der Waals surface area (Å²) in [5.41, 5.74) is 7.12. The van der Waals surface area contributed by atoms with Crippen molar-refractivity contribution in [3.8, 4) is 27.6 Å². The van der Waals surface area contributed by atoms with E-state index in [4.69, 9.17) is 9.72 Å². The molecule has 2 aromatic carbocycles. The second kappa shape index (κ2) is 8.13. The van der Waals surface area contributed by atoms with Crippen LogP contribution < -0.4 is 4.74 Å². The van der Waals surface area contributed by atoms with E-state index < -0.39 is 0 Å². The lowest BCUT2D eigenvalue weighted by atomic mass is 10.0. The molecule has 0 radical (unpaired) electrons. The van der Waals surface area contributed by atoms with Crippen molar-refractivity contribution in [2.75, 3.05) is 7.11 Å². The van der Waals surface area contributed by atoms with E-state index in [2.05, 4.69) is 57.4 Å². The minimum atomic E-state index is 0.676. The lowest BCUT2D eigenvalue weighted by Gasteiger charge is -2.11. The van der Waals surface area contributed by atoms with Gasteiger partial charge < -0.3 is 9.72 Å². The van der Waals surface area contributed by atoms with Gasteiger partial charge in [0.05, 0.1) is 19.1 Å². The van der Waals surface area contributed by atoms with Gasteiger partial charge in [0, 0.05) is 21.4 Å². The summed E-state index contributed by atoms with van der Waals surface area (Å²) in [6.07, 6.45) is 3.19. The molecule has 3 heterocycles. The van der Waals surface area contributed by atoms with Gasteiger partial charge in [0.2, 0.25) is 0 Å². The lowest BCUT2D eigenvalue weighted by Crippen LogP contribution is -1.91. The van der Waals surface area contributed by atoms with Crippen LogP contribution in [0, 0.1) is 13.8 Å². The molecule has 0 amide bonds. The normalized spacial score (nSPS) is 11.2. The molecule has 0 aliphatic heterocycles. The Morgan fingerprint density at radius 2 is 1.87 bits per heavy atom. The zero-order chi connectivity index (χ0) is 21.4. The Hall–Kier alpha value is -3.23. The van der Waals surface area contributed by atoms with Gasteiger partial charge in [-0.3, -0.25) is 0 Å². The Morgan fingerprint density at radius 1 is 1.03 bits per heavy atom. The van der Waals surface area contributed by atoms with Gasteiger partial charge in [0.15, 0.2) is 5.65 Å². The summed E-state index contributed by atoms with van der Waals surface area (Å²) in [5.74, 6) is 0.832. The molecule has 0 spiro atoms. The monoisotopic (exact) mass is 445 g/mol. The number of nitrogens with one attached hydrogen (secondary N) is 1. The number of H-pyrrole nitrogens is 1. The first-order valence-corrected chi connectivity index (χ1v) is 11.4. The molecule has 6 nitrogen and oxygen atoms in total. The molecule has 0 aliphatic carbocycles. The molecule has 154 valence electrons. The van der Waals surface area contributed by atoms with E-state index in [1.807, 2.05) is 18.2 Å². The number of benzene rings is 2. The third-order valence-corrected chi connectivity index (χ3v) is 6.85. The maximum absolute atomic E-state index is 5.35. The van der Waals surface area contributed by atoms with E-state index >= 15 is 0 Å². The highest BCUT2D eigenvalue weighted by atomic mass is 32.2. The minimum absolute atomic E-state index is 0.676.